The average Bonchev–Trinajstić information content (AvgIpc) is 2.21. The van der Waals surface area contributed by atoms with Gasteiger partial charge >= 0.3 is 6.03 Å². The molecule has 0 aromatic rings. The molecule has 17 heavy (non-hydrogen) atoms. The Hall–Kier alpha value is -0.770. The first-order valence-corrected chi connectivity index (χ1v) is 6.71. The maximum atomic E-state index is 11.6. The second kappa shape index (κ2) is 6.84. The van der Waals surface area contributed by atoms with Gasteiger partial charge in [-0.05, 0) is 44.4 Å². The molecular formula is C13H26N2O2. The molecule has 1 saturated carbocycles. The Morgan fingerprint density at radius 2 is 2.12 bits per heavy atom. The lowest BCUT2D eigenvalue weighted by molar-refractivity contribution is 0.181. The molecule has 1 aliphatic rings. The molecule has 0 aliphatic heterocycles. The van der Waals surface area contributed by atoms with Crippen LogP contribution in [-0.4, -0.2) is 29.8 Å². The zero-order valence-corrected chi connectivity index (χ0v) is 11.2. The molecule has 4 heteroatoms. The molecule has 0 saturated heterocycles. The SMILES string of the molecule is CC(O)CCNC(=O)NC1CCC(C)CC1C. The summed E-state index contributed by atoms with van der Waals surface area (Å²) in [6.45, 7) is 6.73. The molecule has 0 aromatic carbocycles. The summed E-state index contributed by atoms with van der Waals surface area (Å²) in [5, 5.41) is 14.9. The summed E-state index contributed by atoms with van der Waals surface area (Å²) in [5.74, 6) is 1.34. The third-order valence-corrected chi connectivity index (χ3v) is 3.60. The Kier molecular flexibility index (Phi) is 5.75. The van der Waals surface area contributed by atoms with Gasteiger partial charge in [-0.3, -0.25) is 0 Å². The van der Waals surface area contributed by atoms with Crippen LogP contribution in [0.1, 0.15) is 46.5 Å². The van der Waals surface area contributed by atoms with Gasteiger partial charge in [0.25, 0.3) is 0 Å². The Bertz CT molecular complexity index is 244. The van der Waals surface area contributed by atoms with Gasteiger partial charge in [0, 0.05) is 12.6 Å². The van der Waals surface area contributed by atoms with E-state index >= 15 is 0 Å². The number of carbonyl (C=O) groups is 1. The summed E-state index contributed by atoms with van der Waals surface area (Å²) >= 11 is 0. The first-order chi connectivity index (χ1) is 7.99. The molecule has 0 spiro atoms. The molecule has 1 aliphatic carbocycles. The van der Waals surface area contributed by atoms with Crippen LogP contribution < -0.4 is 10.6 Å². The van der Waals surface area contributed by atoms with Crippen molar-refractivity contribution in [3.05, 3.63) is 0 Å². The zero-order valence-electron chi connectivity index (χ0n) is 11.2. The molecule has 1 rings (SSSR count). The van der Waals surface area contributed by atoms with E-state index in [0.29, 0.717) is 24.9 Å². The number of amides is 2. The molecule has 3 N–H and O–H groups in total. The van der Waals surface area contributed by atoms with Gasteiger partial charge in [0.2, 0.25) is 0 Å². The van der Waals surface area contributed by atoms with Gasteiger partial charge in [-0.1, -0.05) is 13.8 Å². The van der Waals surface area contributed by atoms with E-state index in [9.17, 15) is 4.79 Å². The number of aliphatic hydroxyl groups is 1. The van der Waals surface area contributed by atoms with E-state index in [2.05, 4.69) is 24.5 Å². The topological polar surface area (TPSA) is 61.4 Å². The van der Waals surface area contributed by atoms with Crippen molar-refractivity contribution in [3.63, 3.8) is 0 Å². The lowest BCUT2D eigenvalue weighted by Gasteiger charge is -2.33. The van der Waals surface area contributed by atoms with Gasteiger partial charge in [-0.25, -0.2) is 4.79 Å². The summed E-state index contributed by atoms with van der Waals surface area (Å²) in [7, 11) is 0. The second-order valence-electron chi connectivity index (χ2n) is 5.54. The van der Waals surface area contributed by atoms with Crippen LogP contribution in [0.3, 0.4) is 0 Å². The van der Waals surface area contributed by atoms with E-state index < -0.39 is 0 Å². The fourth-order valence-electron chi connectivity index (χ4n) is 2.49. The average molecular weight is 242 g/mol. The third-order valence-electron chi connectivity index (χ3n) is 3.60. The number of hydrogen-bond acceptors (Lipinski definition) is 2. The fraction of sp³-hybridized carbons (Fsp3) is 0.923. The van der Waals surface area contributed by atoms with Crippen LogP contribution in [0, 0.1) is 11.8 Å². The number of carbonyl (C=O) groups excluding carboxylic acids is 1. The van der Waals surface area contributed by atoms with Gasteiger partial charge in [0.15, 0.2) is 0 Å². The highest BCUT2D eigenvalue weighted by Crippen LogP contribution is 2.28. The molecule has 100 valence electrons. The Balaban J connectivity index is 2.21. The third kappa shape index (κ3) is 5.39. The highest BCUT2D eigenvalue weighted by Gasteiger charge is 2.26. The van der Waals surface area contributed by atoms with Crippen molar-refractivity contribution in [2.24, 2.45) is 11.8 Å². The fourth-order valence-corrected chi connectivity index (χ4v) is 2.49. The Morgan fingerprint density at radius 1 is 1.41 bits per heavy atom. The molecule has 4 atom stereocenters. The van der Waals surface area contributed by atoms with Crippen LogP contribution in [0.5, 0.6) is 0 Å². The summed E-state index contributed by atoms with van der Waals surface area (Å²) in [5.41, 5.74) is 0. The highest BCUT2D eigenvalue weighted by molar-refractivity contribution is 5.74. The minimum atomic E-state index is -0.357. The number of hydrogen-bond donors (Lipinski definition) is 3. The molecule has 4 nitrogen and oxygen atoms in total. The van der Waals surface area contributed by atoms with Crippen molar-refractivity contribution in [1.82, 2.24) is 10.6 Å². The van der Waals surface area contributed by atoms with E-state index in [-0.39, 0.29) is 12.1 Å². The van der Waals surface area contributed by atoms with Gasteiger partial charge in [-0.15, -0.1) is 0 Å². The predicted octanol–water partition coefficient (Wildman–Crippen LogP) is 1.88. The van der Waals surface area contributed by atoms with E-state index in [1.165, 1.54) is 12.8 Å². The number of rotatable bonds is 4. The van der Waals surface area contributed by atoms with Crippen LogP contribution in [0.4, 0.5) is 4.79 Å². The molecule has 4 unspecified atom stereocenters. The van der Waals surface area contributed by atoms with Crippen molar-refractivity contribution in [2.45, 2.75) is 58.6 Å². The Labute approximate surface area is 104 Å². The van der Waals surface area contributed by atoms with Crippen LogP contribution in [0.2, 0.25) is 0 Å². The van der Waals surface area contributed by atoms with Crippen LogP contribution in [0.25, 0.3) is 0 Å². The Morgan fingerprint density at radius 3 is 2.71 bits per heavy atom. The normalized spacial score (nSPS) is 30.7. The van der Waals surface area contributed by atoms with Crippen molar-refractivity contribution in [2.75, 3.05) is 6.54 Å². The lowest BCUT2D eigenvalue weighted by Crippen LogP contribution is -2.47. The maximum Gasteiger partial charge on any atom is 0.315 e. The molecular weight excluding hydrogens is 216 g/mol. The van der Waals surface area contributed by atoms with Crippen LogP contribution >= 0.6 is 0 Å². The first kappa shape index (κ1) is 14.3. The van der Waals surface area contributed by atoms with Crippen molar-refractivity contribution in [1.29, 1.82) is 0 Å². The predicted molar refractivity (Wildman–Crippen MR) is 68.8 cm³/mol. The van der Waals surface area contributed by atoms with Crippen molar-refractivity contribution >= 4 is 6.03 Å². The molecule has 0 radical (unpaired) electrons. The van der Waals surface area contributed by atoms with Gasteiger partial charge in [-0.2, -0.15) is 0 Å². The van der Waals surface area contributed by atoms with Crippen molar-refractivity contribution < 1.29 is 9.90 Å². The van der Waals surface area contributed by atoms with E-state index in [4.69, 9.17) is 5.11 Å². The summed E-state index contributed by atoms with van der Waals surface area (Å²) in [6.07, 6.45) is 3.71. The standard InChI is InChI=1S/C13H26N2O2/c1-9-4-5-12(10(2)8-9)15-13(17)14-7-6-11(3)16/h9-12,16H,4-8H2,1-3H3,(H2,14,15,17). The van der Waals surface area contributed by atoms with Gasteiger partial charge in [0.1, 0.15) is 0 Å². The summed E-state index contributed by atoms with van der Waals surface area (Å²) in [6, 6.07) is 0.204. The van der Waals surface area contributed by atoms with E-state index in [1.807, 2.05) is 0 Å². The minimum absolute atomic E-state index is 0.1000. The second-order valence-corrected chi connectivity index (χ2v) is 5.54. The highest BCUT2D eigenvalue weighted by atomic mass is 16.3. The minimum Gasteiger partial charge on any atom is -0.393 e. The van der Waals surface area contributed by atoms with Crippen molar-refractivity contribution in [3.8, 4) is 0 Å². The number of aliphatic hydroxyl groups excluding tert-OH is 1. The summed E-state index contributed by atoms with van der Waals surface area (Å²) < 4.78 is 0. The monoisotopic (exact) mass is 242 g/mol. The molecule has 0 aromatic heterocycles. The van der Waals surface area contributed by atoms with Crippen LogP contribution in [-0.2, 0) is 0 Å². The molecule has 0 bridgehead atoms. The van der Waals surface area contributed by atoms with Gasteiger partial charge < -0.3 is 15.7 Å². The summed E-state index contributed by atoms with van der Waals surface area (Å²) in [4.78, 5) is 11.6. The van der Waals surface area contributed by atoms with Gasteiger partial charge in [0.05, 0.1) is 6.10 Å². The lowest BCUT2D eigenvalue weighted by atomic mass is 9.80. The van der Waals surface area contributed by atoms with Crippen LogP contribution in [0.15, 0.2) is 0 Å². The van der Waals surface area contributed by atoms with E-state index in [1.54, 1.807) is 6.92 Å². The molecule has 2 amide bonds. The first-order valence-electron chi connectivity index (χ1n) is 6.71. The largest absolute Gasteiger partial charge is 0.393 e. The maximum absolute atomic E-state index is 11.6. The quantitative estimate of drug-likeness (QED) is 0.705. The molecule has 0 heterocycles. The molecule has 1 fully saturated rings. The number of urea groups is 1. The zero-order chi connectivity index (χ0) is 12.8. The number of nitrogens with one attached hydrogen (secondary N) is 2. The smallest absolute Gasteiger partial charge is 0.315 e. The van der Waals surface area contributed by atoms with E-state index in [0.717, 1.165) is 12.3 Å².